The highest BCUT2D eigenvalue weighted by atomic mass is 32.2. The van der Waals surface area contributed by atoms with Crippen LogP contribution in [0, 0.1) is 6.92 Å². The first-order valence-electron chi connectivity index (χ1n) is 7.11. The van der Waals surface area contributed by atoms with Gasteiger partial charge >= 0.3 is 0 Å². The van der Waals surface area contributed by atoms with Crippen LogP contribution in [0.2, 0.25) is 0 Å². The molecule has 3 rings (SSSR count). The highest BCUT2D eigenvalue weighted by Gasteiger charge is 2.06. The molecule has 3 aromatic rings. The summed E-state index contributed by atoms with van der Waals surface area (Å²) < 4.78 is 29.6. The summed E-state index contributed by atoms with van der Waals surface area (Å²) in [4.78, 5) is -0.0666. The molecule has 0 fully saturated rings. The highest BCUT2D eigenvalue weighted by molar-refractivity contribution is 7.85. The third kappa shape index (κ3) is 5.36. The SMILES string of the molecule is Cc1ccc(S(=O)(=O)O)cc1.c1ccc(-c2ccccc2)cc1. The molecule has 0 heterocycles. The van der Waals surface area contributed by atoms with Crippen LogP contribution in [0.15, 0.2) is 89.8 Å². The normalized spacial score (nSPS) is 10.5. The molecule has 1 N–H and O–H groups in total. The summed E-state index contributed by atoms with van der Waals surface area (Å²) >= 11 is 0. The summed E-state index contributed by atoms with van der Waals surface area (Å²) in [6.07, 6.45) is 0. The quantitative estimate of drug-likeness (QED) is 0.700. The molecule has 23 heavy (non-hydrogen) atoms. The van der Waals surface area contributed by atoms with E-state index in [0.29, 0.717) is 0 Å². The maximum Gasteiger partial charge on any atom is 0.294 e. The molecule has 0 aliphatic heterocycles. The zero-order valence-corrected chi connectivity index (χ0v) is 13.6. The molecule has 0 saturated heterocycles. The van der Waals surface area contributed by atoms with Crippen molar-refractivity contribution in [2.45, 2.75) is 11.8 Å². The summed E-state index contributed by atoms with van der Waals surface area (Å²) in [5.74, 6) is 0. The van der Waals surface area contributed by atoms with Crippen LogP contribution in [0.4, 0.5) is 0 Å². The Morgan fingerprint density at radius 1 is 0.652 bits per heavy atom. The third-order valence-electron chi connectivity index (χ3n) is 3.20. The predicted octanol–water partition coefficient (Wildman–Crippen LogP) is 4.60. The standard InChI is InChI=1S/C12H10.C7H8O3S/c1-3-7-11(8-4-1)12-9-5-2-6-10-12;1-6-2-4-7(5-3-6)11(8,9)10/h1-10H;2-5H,1H3,(H,8,9,10). The van der Waals surface area contributed by atoms with E-state index in [9.17, 15) is 8.42 Å². The zero-order chi connectivity index (χ0) is 16.7. The van der Waals surface area contributed by atoms with E-state index in [1.165, 1.54) is 23.3 Å². The first-order chi connectivity index (χ1) is 11.0. The maximum atomic E-state index is 10.5. The van der Waals surface area contributed by atoms with E-state index < -0.39 is 10.1 Å². The summed E-state index contributed by atoms with van der Waals surface area (Å²) in [6, 6.07) is 26.8. The molecule has 3 nitrogen and oxygen atoms in total. The molecule has 0 radical (unpaired) electrons. The van der Waals surface area contributed by atoms with Gasteiger partial charge in [0.1, 0.15) is 0 Å². The molecule has 0 aliphatic carbocycles. The van der Waals surface area contributed by atoms with Crippen molar-refractivity contribution in [3.63, 3.8) is 0 Å². The van der Waals surface area contributed by atoms with Crippen LogP contribution in [0.1, 0.15) is 5.56 Å². The van der Waals surface area contributed by atoms with E-state index in [-0.39, 0.29) is 4.90 Å². The van der Waals surface area contributed by atoms with Crippen molar-refractivity contribution >= 4 is 10.1 Å². The molecule has 0 aliphatic rings. The van der Waals surface area contributed by atoms with E-state index in [4.69, 9.17) is 4.55 Å². The lowest BCUT2D eigenvalue weighted by Crippen LogP contribution is -1.96. The highest BCUT2D eigenvalue weighted by Crippen LogP contribution is 2.17. The van der Waals surface area contributed by atoms with E-state index in [0.717, 1.165) is 5.56 Å². The minimum absolute atomic E-state index is 0.0666. The molecule has 0 saturated carbocycles. The van der Waals surface area contributed by atoms with E-state index in [1.54, 1.807) is 12.1 Å². The van der Waals surface area contributed by atoms with Gasteiger partial charge in [-0.15, -0.1) is 0 Å². The topological polar surface area (TPSA) is 54.4 Å². The van der Waals surface area contributed by atoms with Crippen molar-refractivity contribution in [1.29, 1.82) is 0 Å². The van der Waals surface area contributed by atoms with Crippen LogP contribution >= 0.6 is 0 Å². The zero-order valence-electron chi connectivity index (χ0n) is 12.8. The smallest absolute Gasteiger partial charge is 0.282 e. The summed E-state index contributed by atoms with van der Waals surface area (Å²) in [7, 11) is -4.02. The van der Waals surface area contributed by atoms with Gasteiger partial charge in [0, 0.05) is 0 Å². The van der Waals surface area contributed by atoms with Crippen LogP contribution in [0.25, 0.3) is 11.1 Å². The number of aryl methyl sites for hydroxylation is 1. The lowest BCUT2D eigenvalue weighted by atomic mass is 10.1. The Bertz CT molecular complexity index is 787. The van der Waals surface area contributed by atoms with E-state index in [1.807, 2.05) is 19.1 Å². The van der Waals surface area contributed by atoms with Gasteiger partial charge in [-0.25, -0.2) is 0 Å². The van der Waals surface area contributed by atoms with Gasteiger partial charge in [0.15, 0.2) is 0 Å². The molecule has 0 atom stereocenters. The van der Waals surface area contributed by atoms with Gasteiger partial charge in [-0.2, -0.15) is 8.42 Å². The first-order valence-corrected chi connectivity index (χ1v) is 8.55. The first kappa shape index (κ1) is 16.9. The van der Waals surface area contributed by atoms with Gasteiger partial charge in [-0.05, 0) is 30.2 Å². The molecule has 3 aromatic carbocycles. The van der Waals surface area contributed by atoms with Gasteiger partial charge < -0.3 is 0 Å². The van der Waals surface area contributed by atoms with Crippen LogP contribution < -0.4 is 0 Å². The van der Waals surface area contributed by atoms with Crippen molar-refractivity contribution < 1.29 is 13.0 Å². The van der Waals surface area contributed by atoms with Crippen molar-refractivity contribution in [3.05, 3.63) is 90.5 Å². The maximum absolute atomic E-state index is 10.5. The molecule has 0 amide bonds. The Labute approximate surface area is 137 Å². The summed E-state index contributed by atoms with van der Waals surface area (Å²) in [5.41, 5.74) is 3.51. The summed E-state index contributed by atoms with van der Waals surface area (Å²) in [5, 5.41) is 0. The van der Waals surface area contributed by atoms with Gasteiger partial charge in [-0.3, -0.25) is 4.55 Å². The monoisotopic (exact) mass is 326 g/mol. The van der Waals surface area contributed by atoms with Crippen molar-refractivity contribution in [1.82, 2.24) is 0 Å². The van der Waals surface area contributed by atoms with Gasteiger partial charge in [-0.1, -0.05) is 78.4 Å². The lowest BCUT2D eigenvalue weighted by molar-refractivity contribution is 0.483. The van der Waals surface area contributed by atoms with Crippen LogP contribution in [0.5, 0.6) is 0 Å². The number of rotatable bonds is 2. The van der Waals surface area contributed by atoms with E-state index >= 15 is 0 Å². The molecule has 4 heteroatoms. The fraction of sp³-hybridized carbons (Fsp3) is 0.0526. The Kier molecular flexibility index (Phi) is 5.68. The fourth-order valence-corrected chi connectivity index (χ4v) is 2.45. The third-order valence-corrected chi connectivity index (χ3v) is 4.07. The van der Waals surface area contributed by atoms with Crippen molar-refractivity contribution in [2.75, 3.05) is 0 Å². The molecule has 0 spiro atoms. The minimum Gasteiger partial charge on any atom is -0.282 e. The van der Waals surface area contributed by atoms with Gasteiger partial charge in [0.2, 0.25) is 0 Å². The molecular weight excluding hydrogens is 308 g/mol. The Morgan fingerprint density at radius 3 is 1.39 bits per heavy atom. The molecule has 0 unspecified atom stereocenters. The average molecular weight is 326 g/mol. The molecule has 118 valence electrons. The average Bonchev–Trinajstić information content (AvgIpc) is 2.57. The van der Waals surface area contributed by atoms with Crippen LogP contribution in [-0.2, 0) is 10.1 Å². The Morgan fingerprint density at radius 2 is 1.04 bits per heavy atom. The van der Waals surface area contributed by atoms with E-state index in [2.05, 4.69) is 48.5 Å². The minimum atomic E-state index is -4.02. The Hall–Kier alpha value is -2.43. The predicted molar refractivity (Wildman–Crippen MR) is 92.9 cm³/mol. The second-order valence-electron chi connectivity index (χ2n) is 5.02. The number of hydrogen-bond donors (Lipinski definition) is 1. The second-order valence-corrected chi connectivity index (χ2v) is 6.44. The number of benzene rings is 3. The lowest BCUT2D eigenvalue weighted by Gasteiger charge is -1.98. The molecule has 0 bridgehead atoms. The van der Waals surface area contributed by atoms with Crippen molar-refractivity contribution in [2.24, 2.45) is 0 Å². The molecular formula is C19H18O3S. The second kappa shape index (κ2) is 7.72. The Balaban J connectivity index is 0.000000168. The molecule has 0 aromatic heterocycles. The largest absolute Gasteiger partial charge is 0.294 e. The summed E-state index contributed by atoms with van der Waals surface area (Å²) in [6.45, 7) is 1.84. The fourth-order valence-electron chi connectivity index (χ4n) is 1.97. The van der Waals surface area contributed by atoms with Crippen LogP contribution in [0.3, 0.4) is 0 Å². The van der Waals surface area contributed by atoms with Gasteiger partial charge in [0.25, 0.3) is 10.1 Å². The van der Waals surface area contributed by atoms with Gasteiger partial charge in [0.05, 0.1) is 4.90 Å². The van der Waals surface area contributed by atoms with Crippen molar-refractivity contribution in [3.8, 4) is 11.1 Å². The van der Waals surface area contributed by atoms with Crippen LogP contribution in [-0.4, -0.2) is 13.0 Å². The number of hydrogen-bond acceptors (Lipinski definition) is 2.